The lowest BCUT2D eigenvalue weighted by Gasteiger charge is -2.23. The van der Waals surface area contributed by atoms with Gasteiger partial charge in [0.2, 0.25) is 0 Å². The third kappa shape index (κ3) is 6.52. The van der Waals surface area contributed by atoms with Crippen LogP contribution in [-0.4, -0.2) is 30.8 Å². The van der Waals surface area contributed by atoms with E-state index in [2.05, 4.69) is 29.6 Å². The lowest BCUT2D eigenvalue weighted by molar-refractivity contribution is -0.139. The van der Waals surface area contributed by atoms with Crippen LogP contribution in [0.15, 0.2) is 109 Å². The molecule has 4 aromatic rings. The first-order valence-corrected chi connectivity index (χ1v) is 12.0. The smallest absolute Gasteiger partial charge is 0.321 e. The number of hydrogen-bond acceptors (Lipinski definition) is 4. The van der Waals surface area contributed by atoms with Crippen LogP contribution < -0.4 is 14.8 Å². The van der Waals surface area contributed by atoms with E-state index in [1.54, 1.807) is 7.11 Å². The van der Waals surface area contributed by atoms with Crippen molar-refractivity contribution in [2.24, 2.45) is 0 Å². The van der Waals surface area contributed by atoms with Gasteiger partial charge in [0.1, 0.15) is 12.6 Å². The Labute approximate surface area is 212 Å². The molecule has 0 aliphatic carbocycles. The van der Waals surface area contributed by atoms with Crippen molar-refractivity contribution in [3.05, 3.63) is 131 Å². The zero-order valence-corrected chi connectivity index (χ0v) is 20.3. The first-order valence-electron chi connectivity index (χ1n) is 12.0. The molecule has 4 aromatic carbocycles. The summed E-state index contributed by atoms with van der Waals surface area (Å²) in [6.07, 6.45) is 0.257. The fraction of sp³-hybridized carbons (Fsp3) is 0.194. The van der Waals surface area contributed by atoms with Crippen LogP contribution in [0.4, 0.5) is 0 Å². The van der Waals surface area contributed by atoms with Crippen molar-refractivity contribution in [1.82, 2.24) is 5.32 Å². The van der Waals surface area contributed by atoms with Crippen LogP contribution in [0.1, 0.15) is 28.2 Å². The van der Waals surface area contributed by atoms with E-state index in [0.717, 1.165) is 22.3 Å². The standard InChI is InChI=1S/C31H31NO4/c1-35-29-19-11-18-26(30(29)36-22-23-12-5-2-6-13-23)20-28(31(33)34)32-21-27(24-14-7-3-8-15-24)25-16-9-4-10-17-25/h2-19,27-28,32H,20-22H2,1H3,(H,33,34)/t28-/m0/s1. The molecule has 0 amide bonds. The van der Waals surface area contributed by atoms with Gasteiger partial charge in [0, 0.05) is 24.4 Å². The van der Waals surface area contributed by atoms with Gasteiger partial charge in [-0.3, -0.25) is 4.79 Å². The van der Waals surface area contributed by atoms with Gasteiger partial charge in [-0.25, -0.2) is 0 Å². The molecule has 2 N–H and O–H groups in total. The molecule has 0 radical (unpaired) electrons. The summed E-state index contributed by atoms with van der Waals surface area (Å²) in [6.45, 7) is 0.846. The van der Waals surface area contributed by atoms with E-state index in [9.17, 15) is 9.90 Å². The topological polar surface area (TPSA) is 67.8 Å². The Balaban J connectivity index is 1.54. The largest absolute Gasteiger partial charge is 0.493 e. The third-order valence-electron chi connectivity index (χ3n) is 6.20. The van der Waals surface area contributed by atoms with Gasteiger partial charge in [0.15, 0.2) is 11.5 Å². The molecule has 0 bridgehead atoms. The summed E-state index contributed by atoms with van der Waals surface area (Å²) >= 11 is 0. The summed E-state index contributed by atoms with van der Waals surface area (Å²) in [7, 11) is 1.59. The summed E-state index contributed by atoms with van der Waals surface area (Å²) in [5.74, 6) is 0.263. The molecule has 0 saturated heterocycles. The Kier molecular flexibility index (Phi) is 8.73. The highest BCUT2D eigenvalue weighted by Crippen LogP contribution is 2.33. The molecule has 0 saturated carbocycles. The van der Waals surface area contributed by atoms with Crippen molar-refractivity contribution in [2.75, 3.05) is 13.7 Å². The van der Waals surface area contributed by atoms with E-state index in [1.807, 2.05) is 84.9 Å². The van der Waals surface area contributed by atoms with Gasteiger partial charge in [-0.05, 0) is 22.8 Å². The Bertz CT molecular complexity index is 1190. The molecule has 0 spiro atoms. The molecule has 0 heterocycles. The maximum atomic E-state index is 12.3. The first-order chi connectivity index (χ1) is 17.7. The molecular weight excluding hydrogens is 450 g/mol. The number of aliphatic carboxylic acids is 1. The molecule has 1 atom stereocenters. The molecule has 5 heteroatoms. The molecule has 0 aliphatic heterocycles. The van der Waals surface area contributed by atoms with Crippen molar-refractivity contribution in [3.63, 3.8) is 0 Å². The minimum atomic E-state index is -0.910. The predicted molar refractivity (Wildman–Crippen MR) is 142 cm³/mol. The number of carbonyl (C=O) groups is 1. The van der Waals surface area contributed by atoms with Crippen LogP contribution in [0, 0.1) is 0 Å². The second kappa shape index (κ2) is 12.6. The highest BCUT2D eigenvalue weighted by Gasteiger charge is 2.24. The van der Waals surface area contributed by atoms with E-state index in [0.29, 0.717) is 24.7 Å². The Hall–Kier alpha value is -4.09. The Morgan fingerprint density at radius 2 is 1.39 bits per heavy atom. The third-order valence-corrected chi connectivity index (χ3v) is 6.20. The van der Waals surface area contributed by atoms with Crippen molar-refractivity contribution >= 4 is 5.97 Å². The number of methoxy groups -OCH3 is 1. The van der Waals surface area contributed by atoms with Gasteiger partial charge in [-0.2, -0.15) is 0 Å². The highest BCUT2D eigenvalue weighted by atomic mass is 16.5. The average Bonchev–Trinajstić information content (AvgIpc) is 2.93. The zero-order valence-electron chi connectivity index (χ0n) is 20.3. The first kappa shape index (κ1) is 25.0. The number of para-hydroxylation sites is 1. The number of rotatable bonds is 12. The van der Waals surface area contributed by atoms with Gasteiger partial charge < -0.3 is 19.9 Å². The van der Waals surface area contributed by atoms with Gasteiger partial charge in [0.05, 0.1) is 7.11 Å². The number of ether oxygens (including phenoxy) is 2. The molecular formula is C31H31NO4. The molecule has 0 aromatic heterocycles. The SMILES string of the molecule is COc1cccc(C[C@H](NCC(c2ccccc2)c2ccccc2)C(=O)O)c1OCc1ccccc1. The second-order valence-corrected chi connectivity index (χ2v) is 8.60. The van der Waals surface area contributed by atoms with Gasteiger partial charge in [-0.15, -0.1) is 0 Å². The summed E-state index contributed by atoms with van der Waals surface area (Å²) in [5.41, 5.74) is 4.07. The molecule has 5 nitrogen and oxygen atoms in total. The predicted octanol–water partition coefficient (Wildman–Crippen LogP) is 5.69. The number of nitrogens with one attached hydrogen (secondary N) is 1. The van der Waals surface area contributed by atoms with E-state index >= 15 is 0 Å². The lowest BCUT2D eigenvalue weighted by atomic mass is 9.91. The van der Waals surface area contributed by atoms with Crippen molar-refractivity contribution < 1.29 is 19.4 Å². The molecule has 4 rings (SSSR count). The highest BCUT2D eigenvalue weighted by molar-refractivity contribution is 5.74. The average molecular weight is 482 g/mol. The summed E-state index contributed by atoms with van der Waals surface area (Å²) in [5, 5.41) is 13.4. The fourth-order valence-electron chi connectivity index (χ4n) is 4.30. The van der Waals surface area contributed by atoms with E-state index in [4.69, 9.17) is 9.47 Å². The summed E-state index contributed by atoms with van der Waals surface area (Å²) in [4.78, 5) is 12.3. The second-order valence-electron chi connectivity index (χ2n) is 8.60. The molecule has 184 valence electrons. The lowest BCUT2D eigenvalue weighted by Crippen LogP contribution is -2.41. The van der Waals surface area contributed by atoms with E-state index in [1.165, 1.54) is 0 Å². The molecule has 36 heavy (non-hydrogen) atoms. The molecule has 0 unspecified atom stereocenters. The van der Waals surface area contributed by atoms with Crippen LogP contribution in [0.25, 0.3) is 0 Å². The Morgan fingerprint density at radius 3 is 1.94 bits per heavy atom. The van der Waals surface area contributed by atoms with E-state index in [-0.39, 0.29) is 12.3 Å². The number of carboxylic acids is 1. The number of benzene rings is 4. The fourth-order valence-corrected chi connectivity index (χ4v) is 4.30. The normalized spacial score (nSPS) is 11.7. The minimum Gasteiger partial charge on any atom is -0.493 e. The quantitative estimate of drug-likeness (QED) is 0.272. The van der Waals surface area contributed by atoms with Crippen molar-refractivity contribution in [2.45, 2.75) is 25.0 Å². The van der Waals surface area contributed by atoms with Crippen molar-refractivity contribution in [1.29, 1.82) is 0 Å². The number of carboxylic acid groups (broad SMARTS) is 1. The van der Waals surface area contributed by atoms with Gasteiger partial charge >= 0.3 is 5.97 Å². The molecule has 0 aliphatic rings. The van der Waals surface area contributed by atoms with Crippen LogP contribution in [-0.2, 0) is 17.8 Å². The van der Waals surface area contributed by atoms with E-state index < -0.39 is 12.0 Å². The maximum absolute atomic E-state index is 12.3. The monoisotopic (exact) mass is 481 g/mol. The van der Waals surface area contributed by atoms with Gasteiger partial charge in [-0.1, -0.05) is 103 Å². The maximum Gasteiger partial charge on any atom is 0.321 e. The van der Waals surface area contributed by atoms with Crippen LogP contribution in [0.5, 0.6) is 11.5 Å². The van der Waals surface area contributed by atoms with Crippen LogP contribution in [0.2, 0.25) is 0 Å². The molecule has 0 fully saturated rings. The Morgan fingerprint density at radius 1 is 0.806 bits per heavy atom. The van der Waals surface area contributed by atoms with Crippen molar-refractivity contribution in [3.8, 4) is 11.5 Å². The summed E-state index contributed by atoms with van der Waals surface area (Å²) in [6, 6.07) is 34.9. The number of hydrogen-bond donors (Lipinski definition) is 2. The van der Waals surface area contributed by atoms with Crippen LogP contribution in [0.3, 0.4) is 0 Å². The zero-order chi connectivity index (χ0) is 25.2. The minimum absolute atomic E-state index is 0.0216. The van der Waals surface area contributed by atoms with Gasteiger partial charge in [0.25, 0.3) is 0 Å². The van der Waals surface area contributed by atoms with Crippen LogP contribution >= 0.6 is 0 Å². The summed E-state index contributed by atoms with van der Waals surface area (Å²) < 4.78 is 11.7.